The maximum atomic E-state index is 11.6. The fourth-order valence-electron chi connectivity index (χ4n) is 2.18. The van der Waals surface area contributed by atoms with Gasteiger partial charge in [0.15, 0.2) is 11.5 Å². The molecule has 0 amide bonds. The van der Waals surface area contributed by atoms with Crippen LogP contribution in [0.3, 0.4) is 0 Å². The number of carbonyl (C=O) groups is 1. The Kier molecular flexibility index (Phi) is 4.96. The lowest BCUT2D eigenvalue weighted by Crippen LogP contribution is -2.00. The summed E-state index contributed by atoms with van der Waals surface area (Å²) >= 11 is 5.95. The molecule has 2 N–H and O–H groups in total. The number of aliphatic carboxylic acids is 1. The summed E-state index contributed by atoms with van der Waals surface area (Å²) in [7, 11) is 1.40. The second kappa shape index (κ2) is 6.75. The molecule has 0 aliphatic heterocycles. The molecule has 120 valence electrons. The van der Waals surface area contributed by atoms with E-state index < -0.39 is 5.97 Å². The summed E-state index contributed by atoms with van der Waals surface area (Å²) in [6, 6.07) is 8.50. The maximum absolute atomic E-state index is 11.6. The molecule has 0 spiro atoms. The van der Waals surface area contributed by atoms with Gasteiger partial charge >= 0.3 is 5.97 Å². The first-order valence-corrected chi connectivity index (χ1v) is 7.30. The molecule has 5 heteroatoms. The Morgan fingerprint density at radius 2 is 1.87 bits per heavy atom. The molecule has 0 heterocycles. The number of aromatic hydroxyl groups is 1. The predicted octanol–water partition coefficient (Wildman–Crippen LogP) is 4.30. The van der Waals surface area contributed by atoms with Crippen molar-refractivity contribution < 1.29 is 19.7 Å². The highest BCUT2D eigenvalue weighted by Crippen LogP contribution is 2.36. The second-order valence-electron chi connectivity index (χ2n) is 5.22. The first kappa shape index (κ1) is 16.9. The van der Waals surface area contributed by atoms with Crippen molar-refractivity contribution in [3.63, 3.8) is 0 Å². The molecular weight excluding hydrogens is 316 g/mol. The first-order chi connectivity index (χ1) is 10.8. The minimum atomic E-state index is -1.04. The van der Waals surface area contributed by atoms with Crippen LogP contribution in [0, 0.1) is 13.8 Å². The summed E-state index contributed by atoms with van der Waals surface area (Å²) in [5.41, 5.74) is 3.37. The van der Waals surface area contributed by atoms with Crippen LogP contribution in [0.2, 0.25) is 5.02 Å². The third-order valence-corrected chi connectivity index (χ3v) is 3.92. The Morgan fingerprint density at radius 3 is 2.43 bits per heavy atom. The van der Waals surface area contributed by atoms with Gasteiger partial charge in [0.25, 0.3) is 0 Å². The van der Waals surface area contributed by atoms with Gasteiger partial charge in [-0.2, -0.15) is 0 Å². The molecule has 0 saturated heterocycles. The number of benzene rings is 2. The lowest BCUT2D eigenvalue weighted by molar-refractivity contribution is -0.130. The maximum Gasteiger partial charge on any atom is 0.336 e. The van der Waals surface area contributed by atoms with Gasteiger partial charge in [0.2, 0.25) is 0 Å². The van der Waals surface area contributed by atoms with Gasteiger partial charge < -0.3 is 14.9 Å². The Hall–Kier alpha value is -2.46. The van der Waals surface area contributed by atoms with Crippen molar-refractivity contribution in [1.29, 1.82) is 0 Å². The van der Waals surface area contributed by atoms with Crippen LogP contribution in [0.5, 0.6) is 11.5 Å². The first-order valence-electron chi connectivity index (χ1n) is 6.92. The smallest absolute Gasteiger partial charge is 0.336 e. The van der Waals surface area contributed by atoms with E-state index in [1.807, 2.05) is 26.0 Å². The molecule has 0 radical (unpaired) electrons. The quantitative estimate of drug-likeness (QED) is 0.647. The largest absolute Gasteiger partial charge is 0.503 e. The van der Waals surface area contributed by atoms with Gasteiger partial charge in [0.1, 0.15) is 0 Å². The topological polar surface area (TPSA) is 66.8 Å². The average Bonchev–Trinajstić information content (AvgIpc) is 2.50. The van der Waals surface area contributed by atoms with Crippen LogP contribution >= 0.6 is 11.6 Å². The number of ether oxygens (including phenoxy) is 1. The standard InChI is InChI=1S/C18H17ClO4/c1-10-4-5-13(6-11(10)2)14(18(21)22)7-12-8-15(19)17(20)16(9-12)23-3/h4-9,20H,1-3H3,(H,21,22)/b14-7-. The number of carboxylic acids is 1. The number of carboxylic acid groups (broad SMARTS) is 1. The van der Waals surface area contributed by atoms with Crippen LogP contribution in [-0.2, 0) is 4.79 Å². The number of hydrogen-bond acceptors (Lipinski definition) is 3. The molecule has 0 fully saturated rings. The lowest BCUT2D eigenvalue weighted by atomic mass is 9.98. The Labute approximate surface area is 139 Å². The number of aryl methyl sites for hydroxylation is 2. The number of phenolic OH excluding ortho intramolecular Hbond substituents is 1. The summed E-state index contributed by atoms with van der Waals surface area (Å²) in [5, 5.41) is 19.4. The van der Waals surface area contributed by atoms with Crippen LogP contribution in [0.15, 0.2) is 30.3 Å². The van der Waals surface area contributed by atoms with Crippen LogP contribution in [-0.4, -0.2) is 23.3 Å². The molecular formula is C18H17ClO4. The van der Waals surface area contributed by atoms with Crippen LogP contribution in [0.25, 0.3) is 11.6 Å². The zero-order valence-electron chi connectivity index (χ0n) is 13.1. The van der Waals surface area contributed by atoms with E-state index in [0.717, 1.165) is 11.1 Å². The summed E-state index contributed by atoms with van der Waals surface area (Å²) in [6.07, 6.45) is 1.50. The third-order valence-electron chi connectivity index (χ3n) is 3.63. The van der Waals surface area contributed by atoms with Crippen molar-refractivity contribution in [3.05, 3.63) is 57.6 Å². The fraction of sp³-hybridized carbons (Fsp3) is 0.167. The number of rotatable bonds is 4. The molecule has 2 aromatic rings. The molecule has 0 aliphatic carbocycles. The van der Waals surface area contributed by atoms with E-state index in [9.17, 15) is 15.0 Å². The molecule has 0 aliphatic rings. The zero-order valence-corrected chi connectivity index (χ0v) is 13.8. The number of halogens is 1. The average molecular weight is 333 g/mol. The highest BCUT2D eigenvalue weighted by Gasteiger charge is 2.14. The minimum Gasteiger partial charge on any atom is -0.503 e. The van der Waals surface area contributed by atoms with Gasteiger partial charge in [-0.15, -0.1) is 0 Å². The molecule has 0 saturated carbocycles. The molecule has 23 heavy (non-hydrogen) atoms. The van der Waals surface area contributed by atoms with Gasteiger partial charge in [-0.3, -0.25) is 0 Å². The van der Waals surface area contributed by atoms with Gasteiger partial charge in [0.05, 0.1) is 17.7 Å². The highest BCUT2D eigenvalue weighted by atomic mass is 35.5. The lowest BCUT2D eigenvalue weighted by Gasteiger charge is -2.09. The normalized spacial score (nSPS) is 11.4. The van der Waals surface area contributed by atoms with Gasteiger partial charge in [-0.1, -0.05) is 29.8 Å². The van der Waals surface area contributed by atoms with Gasteiger partial charge in [-0.25, -0.2) is 4.79 Å². The fourth-order valence-corrected chi connectivity index (χ4v) is 2.40. The van der Waals surface area contributed by atoms with Crippen molar-refractivity contribution >= 4 is 29.2 Å². The third kappa shape index (κ3) is 3.66. The number of hydrogen-bond donors (Lipinski definition) is 2. The monoisotopic (exact) mass is 332 g/mol. The van der Waals surface area contributed by atoms with E-state index in [2.05, 4.69) is 0 Å². The van der Waals surface area contributed by atoms with E-state index in [1.54, 1.807) is 6.07 Å². The number of methoxy groups -OCH3 is 1. The molecule has 2 rings (SSSR count). The molecule has 0 bridgehead atoms. The summed E-state index contributed by atoms with van der Waals surface area (Å²) < 4.78 is 5.04. The van der Waals surface area contributed by atoms with Crippen molar-refractivity contribution in [2.75, 3.05) is 7.11 Å². The number of phenols is 1. The molecule has 0 aromatic heterocycles. The highest BCUT2D eigenvalue weighted by molar-refractivity contribution is 6.32. The van der Waals surface area contributed by atoms with Crippen LogP contribution < -0.4 is 4.74 Å². The molecule has 0 atom stereocenters. The Balaban J connectivity index is 2.57. The van der Waals surface area contributed by atoms with Crippen molar-refractivity contribution in [2.24, 2.45) is 0 Å². The van der Waals surface area contributed by atoms with E-state index in [-0.39, 0.29) is 22.1 Å². The second-order valence-corrected chi connectivity index (χ2v) is 5.62. The van der Waals surface area contributed by atoms with E-state index >= 15 is 0 Å². The van der Waals surface area contributed by atoms with E-state index in [4.69, 9.17) is 16.3 Å². The van der Waals surface area contributed by atoms with E-state index in [0.29, 0.717) is 11.1 Å². The minimum absolute atomic E-state index is 0.0976. The predicted molar refractivity (Wildman–Crippen MR) is 91.1 cm³/mol. The molecule has 4 nitrogen and oxygen atoms in total. The Bertz CT molecular complexity index is 794. The van der Waals surface area contributed by atoms with Gasteiger partial charge in [0, 0.05) is 0 Å². The summed E-state index contributed by atoms with van der Waals surface area (Å²) in [4.78, 5) is 11.6. The van der Waals surface area contributed by atoms with Gasteiger partial charge in [-0.05, 0) is 54.3 Å². The van der Waals surface area contributed by atoms with Crippen molar-refractivity contribution in [2.45, 2.75) is 13.8 Å². The van der Waals surface area contributed by atoms with Crippen molar-refractivity contribution in [3.8, 4) is 11.5 Å². The zero-order chi connectivity index (χ0) is 17.1. The summed E-state index contributed by atoms with van der Waals surface area (Å²) in [5.74, 6) is -1.03. The molecule has 0 unspecified atom stereocenters. The summed E-state index contributed by atoms with van der Waals surface area (Å²) in [6.45, 7) is 3.90. The van der Waals surface area contributed by atoms with Crippen LogP contribution in [0.4, 0.5) is 0 Å². The van der Waals surface area contributed by atoms with Crippen molar-refractivity contribution in [1.82, 2.24) is 0 Å². The van der Waals surface area contributed by atoms with E-state index in [1.165, 1.54) is 25.3 Å². The SMILES string of the molecule is COc1cc(/C=C(\C(=O)O)c2ccc(C)c(C)c2)cc(Cl)c1O. The molecule has 2 aromatic carbocycles. The van der Waals surface area contributed by atoms with Crippen LogP contribution in [0.1, 0.15) is 22.3 Å². The Morgan fingerprint density at radius 1 is 1.17 bits per heavy atom.